The van der Waals surface area contributed by atoms with E-state index < -0.39 is 28.9 Å². The average Bonchev–Trinajstić information content (AvgIpc) is 2.39. The zero-order valence-electron chi connectivity index (χ0n) is 9.54. The Bertz CT molecular complexity index is 588. The molecule has 0 aliphatic carbocycles. The van der Waals surface area contributed by atoms with Crippen LogP contribution in [0.15, 0.2) is 48.5 Å². The molecule has 19 heavy (non-hydrogen) atoms. The van der Waals surface area contributed by atoms with Gasteiger partial charge in [0, 0.05) is 11.1 Å². The summed E-state index contributed by atoms with van der Waals surface area (Å²) in [5.41, 5.74) is -0.918. The van der Waals surface area contributed by atoms with Crippen molar-refractivity contribution >= 4 is 5.78 Å². The van der Waals surface area contributed by atoms with E-state index in [4.69, 9.17) is 0 Å². The molecule has 0 saturated carbocycles. The van der Waals surface area contributed by atoms with E-state index in [1.807, 2.05) is 0 Å². The molecule has 0 atom stereocenters. The van der Waals surface area contributed by atoms with Crippen molar-refractivity contribution in [2.45, 2.75) is 5.92 Å². The lowest BCUT2D eigenvalue weighted by atomic mass is 9.99. The normalized spacial score (nSPS) is 11.4. The van der Waals surface area contributed by atoms with Crippen LogP contribution in [0.3, 0.4) is 0 Å². The summed E-state index contributed by atoms with van der Waals surface area (Å²) >= 11 is 0. The van der Waals surface area contributed by atoms with E-state index in [0.29, 0.717) is 0 Å². The summed E-state index contributed by atoms with van der Waals surface area (Å²) in [4.78, 5) is 11.7. The van der Waals surface area contributed by atoms with Gasteiger partial charge in [-0.25, -0.2) is 8.78 Å². The maximum atomic E-state index is 13.9. The highest BCUT2D eigenvalue weighted by molar-refractivity contribution is 6.01. The fraction of sp³-hybridized carbons (Fsp3) is 0.0714. The second-order valence-corrected chi connectivity index (χ2v) is 3.92. The van der Waals surface area contributed by atoms with Crippen LogP contribution in [-0.2, 0) is 5.92 Å². The van der Waals surface area contributed by atoms with E-state index in [1.165, 1.54) is 0 Å². The molecule has 0 fully saturated rings. The van der Waals surface area contributed by atoms with E-state index in [2.05, 4.69) is 0 Å². The SMILES string of the molecule is O=C(c1ccc(F)cc1)C(F)(F)c1ccc(F)cc1. The summed E-state index contributed by atoms with van der Waals surface area (Å²) in [7, 11) is 0. The molecule has 0 aliphatic rings. The Kier molecular flexibility index (Phi) is 3.38. The molecule has 0 heterocycles. The highest BCUT2D eigenvalue weighted by atomic mass is 19.3. The summed E-state index contributed by atoms with van der Waals surface area (Å²) in [6, 6.07) is 7.20. The number of hydrogen-bond donors (Lipinski definition) is 0. The topological polar surface area (TPSA) is 17.1 Å². The summed E-state index contributed by atoms with van der Waals surface area (Å²) in [6.07, 6.45) is 0. The first-order valence-corrected chi connectivity index (χ1v) is 5.35. The van der Waals surface area contributed by atoms with Crippen LogP contribution in [0.5, 0.6) is 0 Å². The summed E-state index contributed by atoms with van der Waals surface area (Å²) in [5, 5.41) is 0. The number of alkyl halides is 2. The molecule has 98 valence electrons. The molecule has 0 spiro atoms. The van der Waals surface area contributed by atoms with Gasteiger partial charge in [0.1, 0.15) is 11.6 Å². The first-order valence-electron chi connectivity index (χ1n) is 5.35. The highest BCUT2D eigenvalue weighted by Gasteiger charge is 2.41. The van der Waals surface area contributed by atoms with Gasteiger partial charge in [0.15, 0.2) is 0 Å². The minimum absolute atomic E-state index is 0.310. The summed E-state index contributed by atoms with van der Waals surface area (Å²) in [5.74, 6) is -6.54. The van der Waals surface area contributed by atoms with Crippen LogP contribution in [0, 0.1) is 11.6 Å². The summed E-state index contributed by atoms with van der Waals surface area (Å²) in [6.45, 7) is 0. The molecule has 0 amide bonds. The molecule has 0 radical (unpaired) electrons. The standard InChI is InChI=1S/C14H8F4O/c15-11-5-1-9(2-6-11)13(19)14(17,18)10-3-7-12(16)8-4-10/h1-8H. The van der Waals surface area contributed by atoms with Gasteiger partial charge < -0.3 is 0 Å². The van der Waals surface area contributed by atoms with Gasteiger partial charge in [-0.1, -0.05) is 0 Å². The molecule has 0 saturated heterocycles. The van der Waals surface area contributed by atoms with Crippen molar-refractivity contribution in [3.05, 3.63) is 71.3 Å². The Labute approximate surface area is 106 Å². The van der Waals surface area contributed by atoms with Crippen LogP contribution in [0.4, 0.5) is 17.6 Å². The molecule has 1 nitrogen and oxygen atoms in total. The molecule has 0 unspecified atom stereocenters. The monoisotopic (exact) mass is 268 g/mol. The minimum Gasteiger partial charge on any atom is -0.287 e. The maximum absolute atomic E-state index is 13.9. The van der Waals surface area contributed by atoms with E-state index >= 15 is 0 Å². The molecule has 5 heteroatoms. The van der Waals surface area contributed by atoms with Crippen LogP contribution < -0.4 is 0 Å². The Hall–Kier alpha value is -2.17. The molecular formula is C14H8F4O. The van der Waals surface area contributed by atoms with Gasteiger partial charge >= 0.3 is 5.92 Å². The van der Waals surface area contributed by atoms with E-state index in [9.17, 15) is 22.4 Å². The van der Waals surface area contributed by atoms with Gasteiger partial charge in [-0.15, -0.1) is 0 Å². The van der Waals surface area contributed by atoms with Crippen molar-refractivity contribution < 1.29 is 22.4 Å². The molecule has 0 aromatic heterocycles. The quantitative estimate of drug-likeness (QED) is 0.608. The van der Waals surface area contributed by atoms with Crippen molar-refractivity contribution in [3.8, 4) is 0 Å². The number of Topliss-reactive ketones (excluding diaryl/α,β-unsaturated/α-hetero) is 1. The zero-order valence-corrected chi connectivity index (χ0v) is 9.54. The lowest BCUT2D eigenvalue weighted by Gasteiger charge is -2.15. The smallest absolute Gasteiger partial charge is 0.287 e. The Morgan fingerprint density at radius 3 is 1.68 bits per heavy atom. The molecule has 2 rings (SSSR count). The Morgan fingerprint density at radius 2 is 1.21 bits per heavy atom. The Balaban J connectivity index is 2.35. The predicted octanol–water partition coefficient (Wildman–Crippen LogP) is 3.94. The second-order valence-electron chi connectivity index (χ2n) is 3.92. The highest BCUT2D eigenvalue weighted by Crippen LogP contribution is 2.32. The first-order chi connectivity index (χ1) is 8.91. The average molecular weight is 268 g/mol. The fourth-order valence-electron chi connectivity index (χ4n) is 1.57. The van der Waals surface area contributed by atoms with Crippen LogP contribution in [0.1, 0.15) is 15.9 Å². The zero-order chi connectivity index (χ0) is 14.0. The van der Waals surface area contributed by atoms with Crippen LogP contribution in [-0.4, -0.2) is 5.78 Å². The second kappa shape index (κ2) is 4.84. The number of ketones is 1. The van der Waals surface area contributed by atoms with Gasteiger partial charge in [-0.05, 0) is 48.5 Å². The van der Waals surface area contributed by atoms with Crippen LogP contribution in [0.2, 0.25) is 0 Å². The van der Waals surface area contributed by atoms with E-state index in [0.717, 1.165) is 48.5 Å². The van der Waals surface area contributed by atoms with Crippen LogP contribution >= 0.6 is 0 Å². The van der Waals surface area contributed by atoms with Crippen molar-refractivity contribution in [1.82, 2.24) is 0 Å². The molecular weight excluding hydrogens is 260 g/mol. The van der Waals surface area contributed by atoms with Crippen LogP contribution in [0.25, 0.3) is 0 Å². The van der Waals surface area contributed by atoms with Crippen molar-refractivity contribution in [1.29, 1.82) is 0 Å². The third kappa shape index (κ3) is 2.65. The number of carbonyl (C=O) groups is 1. The van der Waals surface area contributed by atoms with Gasteiger partial charge in [0.25, 0.3) is 0 Å². The first kappa shape index (κ1) is 13.3. The number of rotatable bonds is 3. The van der Waals surface area contributed by atoms with Crippen molar-refractivity contribution in [2.24, 2.45) is 0 Å². The number of carbonyl (C=O) groups excluding carboxylic acids is 1. The Morgan fingerprint density at radius 1 is 0.789 bits per heavy atom. The molecule has 0 aliphatic heterocycles. The summed E-state index contributed by atoms with van der Waals surface area (Å²) < 4.78 is 53.1. The third-order valence-corrected chi connectivity index (χ3v) is 2.60. The predicted molar refractivity (Wildman–Crippen MR) is 61.0 cm³/mol. The minimum atomic E-state index is -3.79. The number of halogens is 4. The van der Waals surface area contributed by atoms with Crippen molar-refractivity contribution in [3.63, 3.8) is 0 Å². The van der Waals surface area contributed by atoms with Gasteiger partial charge in [-0.2, -0.15) is 8.78 Å². The number of benzene rings is 2. The van der Waals surface area contributed by atoms with E-state index in [-0.39, 0.29) is 5.56 Å². The van der Waals surface area contributed by atoms with Crippen molar-refractivity contribution in [2.75, 3.05) is 0 Å². The fourth-order valence-corrected chi connectivity index (χ4v) is 1.57. The maximum Gasteiger partial charge on any atom is 0.334 e. The van der Waals surface area contributed by atoms with E-state index in [1.54, 1.807) is 0 Å². The van der Waals surface area contributed by atoms with Gasteiger partial charge in [-0.3, -0.25) is 4.79 Å². The third-order valence-electron chi connectivity index (χ3n) is 2.60. The largest absolute Gasteiger partial charge is 0.334 e. The lowest BCUT2D eigenvalue weighted by Crippen LogP contribution is -2.26. The molecule has 2 aromatic carbocycles. The van der Waals surface area contributed by atoms with Gasteiger partial charge in [0.05, 0.1) is 0 Å². The number of hydrogen-bond acceptors (Lipinski definition) is 1. The lowest BCUT2D eigenvalue weighted by molar-refractivity contribution is 0.00738. The molecule has 0 N–H and O–H groups in total. The molecule has 2 aromatic rings. The molecule has 0 bridgehead atoms. The van der Waals surface area contributed by atoms with Gasteiger partial charge in [0.2, 0.25) is 5.78 Å².